The standard InChI is InChI=1S/C22H29N7/c1-15(24-2)20-19(23)9-4-16-14-25-22(27-21(16)20)26-17-5-7-18(8-6-17)29-12-10-28(3)11-13-29/h5-8,14,23-24H,4,9-13H2,1-3H3,(H,25,26,27)/b20-15+,23-19?. The van der Waals surface area contributed by atoms with E-state index < -0.39 is 0 Å². The molecule has 0 atom stereocenters. The zero-order chi connectivity index (χ0) is 20.4. The lowest BCUT2D eigenvalue weighted by Crippen LogP contribution is -2.44. The van der Waals surface area contributed by atoms with Gasteiger partial charge in [0.2, 0.25) is 5.95 Å². The fourth-order valence-electron chi connectivity index (χ4n) is 3.87. The van der Waals surface area contributed by atoms with Crippen molar-refractivity contribution in [2.24, 2.45) is 0 Å². The Hall–Kier alpha value is -2.93. The summed E-state index contributed by atoms with van der Waals surface area (Å²) in [5, 5.41) is 14.8. The first-order valence-corrected chi connectivity index (χ1v) is 10.2. The van der Waals surface area contributed by atoms with E-state index >= 15 is 0 Å². The third-order valence-electron chi connectivity index (χ3n) is 5.79. The number of fused-ring (bicyclic) bond motifs is 1. The Balaban J connectivity index is 1.53. The summed E-state index contributed by atoms with van der Waals surface area (Å²) in [6.07, 6.45) is 3.43. The first-order chi connectivity index (χ1) is 14.0. The van der Waals surface area contributed by atoms with Crippen molar-refractivity contribution in [3.8, 4) is 0 Å². The molecule has 1 aromatic heterocycles. The average Bonchev–Trinajstić information content (AvgIpc) is 2.74. The van der Waals surface area contributed by atoms with Crippen molar-refractivity contribution in [2.75, 3.05) is 50.5 Å². The SMILES string of the molecule is CN/C(C)=C1\C(=N)CCc2cnc(Nc3ccc(N4CCN(C)CC4)cc3)nc21. The zero-order valence-corrected chi connectivity index (χ0v) is 17.4. The quantitative estimate of drug-likeness (QED) is 0.744. The van der Waals surface area contributed by atoms with Crippen LogP contribution in [0.2, 0.25) is 0 Å². The Bertz CT molecular complexity index is 925. The molecule has 1 aliphatic heterocycles. The lowest BCUT2D eigenvalue weighted by atomic mass is 9.89. The van der Waals surface area contributed by atoms with Crippen LogP contribution in [0.4, 0.5) is 17.3 Å². The predicted molar refractivity (Wildman–Crippen MR) is 119 cm³/mol. The van der Waals surface area contributed by atoms with E-state index in [0.717, 1.165) is 67.2 Å². The van der Waals surface area contributed by atoms with Gasteiger partial charge in [-0.2, -0.15) is 0 Å². The van der Waals surface area contributed by atoms with Crippen LogP contribution in [0.1, 0.15) is 24.6 Å². The number of nitrogens with one attached hydrogen (secondary N) is 3. The second kappa shape index (κ2) is 8.21. The van der Waals surface area contributed by atoms with Crippen molar-refractivity contribution in [1.29, 1.82) is 5.41 Å². The largest absolute Gasteiger partial charge is 0.391 e. The van der Waals surface area contributed by atoms with E-state index in [4.69, 9.17) is 10.4 Å². The number of piperazine rings is 1. The minimum Gasteiger partial charge on any atom is -0.391 e. The molecule has 7 heteroatoms. The van der Waals surface area contributed by atoms with E-state index in [0.29, 0.717) is 11.7 Å². The van der Waals surface area contributed by atoms with Crippen LogP contribution in [0.15, 0.2) is 36.2 Å². The van der Waals surface area contributed by atoms with Gasteiger partial charge in [0.25, 0.3) is 0 Å². The van der Waals surface area contributed by atoms with Gasteiger partial charge in [-0.25, -0.2) is 9.97 Å². The van der Waals surface area contributed by atoms with Crippen molar-refractivity contribution >= 4 is 28.6 Å². The molecule has 0 unspecified atom stereocenters. The minimum absolute atomic E-state index is 0.562. The zero-order valence-electron chi connectivity index (χ0n) is 17.4. The maximum atomic E-state index is 8.35. The molecule has 152 valence electrons. The number of nitrogens with zero attached hydrogens (tertiary/aromatic N) is 4. The highest BCUT2D eigenvalue weighted by atomic mass is 15.2. The molecule has 0 bridgehead atoms. The second-order valence-corrected chi connectivity index (χ2v) is 7.76. The summed E-state index contributed by atoms with van der Waals surface area (Å²) < 4.78 is 0. The molecule has 0 spiro atoms. The molecular formula is C22H29N7. The molecule has 2 aromatic rings. The Morgan fingerprint density at radius 2 is 1.79 bits per heavy atom. The van der Waals surface area contributed by atoms with Gasteiger partial charge in [0.05, 0.1) is 5.69 Å². The molecule has 1 saturated heterocycles. The Kier molecular flexibility index (Phi) is 5.49. The van der Waals surface area contributed by atoms with Gasteiger partial charge in [0.15, 0.2) is 0 Å². The number of rotatable bonds is 4. The topological polar surface area (TPSA) is 80.2 Å². The van der Waals surface area contributed by atoms with E-state index in [1.807, 2.05) is 20.2 Å². The van der Waals surface area contributed by atoms with Crippen molar-refractivity contribution in [1.82, 2.24) is 20.2 Å². The van der Waals surface area contributed by atoms with Crippen LogP contribution in [0.5, 0.6) is 0 Å². The normalized spacial score (nSPS) is 19.0. The number of aryl methyl sites for hydroxylation is 1. The molecule has 2 aliphatic rings. The molecular weight excluding hydrogens is 362 g/mol. The summed E-state index contributed by atoms with van der Waals surface area (Å²) in [5.74, 6) is 0.562. The van der Waals surface area contributed by atoms with Crippen LogP contribution < -0.4 is 15.5 Å². The Labute approximate surface area is 172 Å². The fourth-order valence-corrected chi connectivity index (χ4v) is 3.87. The highest BCUT2D eigenvalue weighted by Gasteiger charge is 2.23. The Morgan fingerprint density at radius 3 is 2.48 bits per heavy atom. The lowest BCUT2D eigenvalue weighted by molar-refractivity contribution is 0.313. The van der Waals surface area contributed by atoms with E-state index in [-0.39, 0.29) is 0 Å². The van der Waals surface area contributed by atoms with E-state index in [9.17, 15) is 0 Å². The molecule has 29 heavy (non-hydrogen) atoms. The van der Waals surface area contributed by atoms with Crippen LogP contribution in [0.3, 0.4) is 0 Å². The summed E-state index contributed by atoms with van der Waals surface area (Å²) in [7, 11) is 4.05. The smallest absolute Gasteiger partial charge is 0.227 e. The molecule has 1 aromatic carbocycles. The van der Waals surface area contributed by atoms with Gasteiger partial charge in [-0.1, -0.05) is 0 Å². The molecule has 3 N–H and O–H groups in total. The van der Waals surface area contributed by atoms with Crippen molar-refractivity contribution in [3.63, 3.8) is 0 Å². The number of hydrogen-bond acceptors (Lipinski definition) is 7. The van der Waals surface area contributed by atoms with Crippen LogP contribution in [-0.4, -0.2) is 60.9 Å². The molecule has 1 aliphatic carbocycles. The van der Waals surface area contributed by atoms with Gasteiger partial charge < -0.3 is 25.8 Å². The molecule has 0 radical (unpaired) electrons. The van der Waals surface area contributed by atoms with Crippen LogP contribution >= 0.6 is 0 Å². The van der Waals surface area contributed by atoms with Gasteiger partial charge >= 0.3 is 0 Å². The molecule has 1 fully saturated rings. The van der Waals surface area contributed by atoms with E-state index in [1.54, 1.807) is 0 Å². The summed E-state index contributed by atoms with van der Waals surface area (Å²) in [4.78, 5) is 14.0. The highest BCUT2D eigenvalue weighted by molar-refractivity contribution is 6.24. The lowest BCUT2D eigenvalue weighted by Gasteiger charge is -2.34. The minimum atomic E-state index is 0.562. The maximum Gasteiger partial charge on any atom is 0.227 e. The summed E-state index contributed by atoms with van der Waals surface area (Å²) in [6.45, 7) is 6.30. The maximum absolute atomic E-state index is 8.35. The van der Waals surface area contributed by atoms with E-state index in [2.05, 4.69) is 56.7 Å². The number of hydrogen-bond donors (Lipinski definition) is 3. The third kappa shape index (κ3) is 4.10. The first-order valence-electron chi connectivity index (χ1n) is 10.2. The second-order valence-electron chi connectivity index (χ2n) is 7.76. The number of allylic oxidation sites excluding steroid dienone is 2. The van der Waals surface area contributed by atoms with Gasteiger partial charge in [-0.3, -0.25) is 0 Å². The fraction of sp³-hybridized carbons (Fsp3) is 0.409. The van der Waals surface area contributed by atoms with Crippen molar-refractivity contribution < 1.29 is 0 Å². The van der Waals surface area contributed by atoms with Gasteiger partial charge in [-0.15, -0.1) is 0 Å². The van der Waals surface area contributed by atoms with E-state index in [1.165, 1.54) is 5.69 Å². The summed E-state index contributed by atoms with van der Waals surface area (Å²) in [6, 6.07) is 8.46. The Morgan fingerprint density at radius 1 is 1.07 bits per heavy atom. The highest BCUT2D eigenvalue weighted by Crippen LogP contribution is 2.30. The number of likely N-dealkylation sites (N-methyl/N-ethyl adjacent to an activating group) is 1. The monoisotopic (exact) mass is 391 g/mol. The van der Waals surface area contributed by atoms with Crippen LogP contribution in [0.25, 0.3) is 5.57 Å². The average molecular weight is 392 g/mol. The molecule has 4 rings (SSSR count). The van der Waals surface area contributed by atoms with Crippen molar-refractivity contribution in [3.05, 3.63) is 47.4 Å². The van der Waals surface area contributed by atoms with Gasteiger partial charge in [0.1, 0.15) is 0 Å². The summed E-state index contributed by atoms with van der Waals surface area (Å²) in [5.41, 5.74) is 6.66. The third-order valence-corrected chi connectivity index (χ3v) is 5.79. The molecule has 2 heterocycles. The van der Waals surface area contributed by atoms with Gasteiger partial charge in [-0.05, 0) is 56.6 Å². The van der Waals surface area contributed by atoms with Crippen LogP contribution in [-0.2, 0) is 6.42 Å². The number of anilines is 3. The van der Waals surface area contributed by atoms with Gasteiger partial charge in [0, 0.05) is 67.8 Å². The molecule has 0 saturated carbocycles. The molecule has 0 amide bonds. The first kappa shape index (κ1) is 19.4. The summed E-state index contributed by atoms with van der Waals surface area (Å²) >= 11 is 0. The number of benzene rings is 1. The molecule has 7 nitrogen and oxygen atoms in total. The number of aromatic nitrogens is 2. The van der Waals surface area contributed by atoms with Crippen LogP contribution in [0, 0.1) is 5.41 Å². The predicted octanol–water partition coefficient (Wildman–Crippen LogP) is 2.89. The van der Waals surface area contributed by atoms with Crippen molar-refractivity contribution in [2.45, 2.75) is 19.8 Å².